The van der Waals surface area contributed by atoms with Crippen LogP contribution < -0.4 is 14.9 Å². The van der Waals surface area contributed by atoms with Crippen LogP contribution in [0.1, 0.15) is 31.0 Å². The first kappa shape index (κ1) is 18.2. The van der Waals surface area contributed by atoms with Crippen molar-refractivity contribution in [3.05, 3.63) is 57.2 Å². The Morgan fingerprint density at radius 2 is 2.00 bits per heavy atom. The fraction of sp³-hybridized carbons (Fsp3) is 0.300. The van der Waals surface area contributed by atoms with E-state index in [1.165, 1.54) is 11.3 Å². The molecule has 0 unspecified atom stereocenters. The summed E-state index contributed by atoms with van der Waals surface area (Å²) >= 11 is 1.20. The van der Waals surface area contributed by atoms with Crippen LogP contribution >= 0.6 is 11.3 Å². The van der Waals surface area contributed by atoms with E-state index in [1.807, 2.05) is 57.2 Å². The molecule has 0 aliphatic rings. The van der Waals surface area contributed by atoms with Gasteiger partial charge in [0.1, 0.15) is 5.75 Å². The second kappa shape index (κ2) is 7.33. The van der Waals surface area contributed by atoms with Crippen LogP contribution in [0.25, 0.3) is 10.2 Å². The number of fused-ring (bicyclic) bond motifs is 1. The number of nitrogens with one attached hydrogen (secondary N) is 1. The van der Waals surface area contributed by atoms with E-state index in [0.29, 0.717) is 5.69 Å². The molecule has 3 rings (SSSR count). The number of nitrogens with zero attached hydrogens (tertiary/aromatic N) is 1. The third-order valence-electron chi connectivity index (χ3n) is 4.24. The highest BCUT2D eigenvalue weighted by atomic mass is 32.1. The van der Waals surface area contributed by atoms with Crippen molar-refractivity contribution in [1.29, 1.82) is 0 Å². The molecule has 26 heavy (non-hydrogen) atoms. The van der Waals surface area contributed by atoms with E-state index in [-0.39, 0.29) is 23.2 Å². The number of hydrogen-bond donors (Lipinski definition) is 1. The standard InChI is InChI=1S/C20H22N2O3S/c1-12(2)22-16-7-6-15(11-18(16)26-20(22)24)21-19(23)10-14-5-8-17(25-4)13(3)9-14/h5-9,11-12H,10H2,1-4H3,(H,21,23). The molecular formula is C20H22N2O3S. The Bertz CT molecular complexity index is 1020. The average molecular weight is 370 g/mol. The Morgan fingerprint density at radius 1 is 1.23 bits per heavy atom. The van der Waals surface area contributed by atoms with Gasteiger partial charge in [0.2, 0.25) is 5.91 Å². The van der Waals surface area contributed by atoms with Gasteiger partial charge in [-0.1, -0.05) is 23.5 Å². The zero-order valence-electron chi connectivity index (χ0n) is 15.3. The molecule has 0 aliphatic carbocycles. The SMILES string of the molecule is COc1ccc(CC(=O)Nc2ccc3c(c2)sc(=O)n3C(C)C)cc1C. The largest absolute Gasteiger partial charge is 0.496 e. The Hall–Kier alpha value is -2.60. The van der Waals surface area contributed by atoms with Crippen molar-refractivity contribution in [3.8, 4) is 5.75 Å². The zero-order chi connectivity index (χ0) is 18.8. The molecule has 5 nitrogen and oxygen atoms in total. The molecule has 1 heterocycles. The minimum Gasteiger partial charge on any atom is -0.496 e. The first-order valence-corrected chi connectivity index (χ1v) is 9.29. The average Bonchev–Trinajstić information content (AvgIpc) is 2.90. The smallest absolute Gasteiger partial charge is 0.308 e. The van der Waals surface area contributed by atoms with Gasteiger partial charge >= 0.3 is 4.87 Å². The molecule has 6 heteroatoms. The summed E-state index contributed by atoms with van der Waals surface area (Å²) in [4.78, 5) is 24.5. The molecule has 1 amide bonds. The first-order valence-electron chi connectivity index (χ1n) is 8.47. The van der Waals surface area contributed by atoms with Gasteiger partial charge in [0, 0.05) is 11.7 Å². The van der Waals surface area contributed by atoms with Crippen molar-refractivity contribution in [2.45, 2.75) is 33.2 Å². The zero-order valence-corrected chi connectivity index (χ0v) is 16.1. The van der Waals surface area contributed by atoms with Gasteiger partial charge in [-0.2, -0.15) is 0 Å². The van der Waals surface area contributed by atoms with Gasteiger partial charge in [0.05, 0.1) is 23.7 Å². The predicted molar refractivity (Wildman–Crippen MR) is 107 cm³/mol. The van der Waals surface area contributed by atoms with Gasteiger partial charge in [-0.05, 0) is 56.2 Å². The summed E-state index contributed by atoms with van der Waals surface area (Å²) in [5, 5.41) is 2.91. The molecule has 136 valence electrons. The Balaban J connectivity index is 1.77. The summed E-state index contributed by atoms with van der Waals surface area (Å²) in [6.07, 6.45) is 0.284. The molecule has 0 saturated heterocycles. The highest BCUT2D eigenvalue weighted by molar-refractivity contribution is 7.16. The third-order valence-corrected chi connectivity index (χ3v) is 5.16. The molecule has 2 aromatic carbocycles. The third kappa shape index (κ3) is 3.65. The highest BCUT2D eigenvalue weighted by Gasteiger charge is 2.12. The number of aryl methyl sites for hydroxylation is 1. The number of ether oxygens (including phenoxy) is 1. The molecule has 0 saturated carbocycles. The number of rotatable bonds is 5. The summed E-state index contributed by atoms with van der Waals surface area (Å²) < 4.78 is 7.89. The first-order chi connectivity index (χ1) is 12.4. The number of hydrogen-bond acceptors (Lipinski definition) is 4. The molecule has 3 aromatic rings. The lowest BCUT2D eigenvalue weighted by Crippen LogP contribution is -2.15. The molecule has 1 N–H and O–H groups in total. The van der Waals surface area contributed by atoms with Crippen LogP contribution in [0.15, 0.2) is 41.2 Å². The van der Waals surface area contributed by atoms with Crippen molar-refractivity contribution in [2.75, 3.05) is 12.4 Å². The van der Waals surface area contributed by atoms with Crippen molar-refractivity contribution in [3.63, 3.8) is 0 Å². The fourth-order valence-electron chi connectivity index (χ4n) is 3.04. The lowest BCUT2D eigenvalue weighted by atomic mass is 10.1. The normalized spacial score (nSPS) is 11.1. The maximum absolute atomic E-state index is 12.4. The summed E-state index contributed by atoms with van der Waals surface area (Å²) in [5.74, 6) is 0.716. The minimum atomic E-state index is -0.0930. The van der Waals surface area contributed by atoms with Gasteiger partial charge in [0.15, 0.2) is 0 Å². The molecule has 0 aliphatic heterocycles. The van der Waals surface area contributed by atoms with Gasteiger partial charge in [0.25, 0.3) is 0 Å². The van der Waals surface area contributed by atoms with E-state index in [9.17, 15) is 9.59 Å². The number of anilines is 1. The molecule has 0 spiro atoms. The van der Waals surface area contributed by atoms with E-state index in [2.05, 4.69) is 5.32 Å². The second-order valence-electron chi connectivity index (χ2n) is 6.54. The molecule has 0 bridgehead atoms. The van der Waals surface area contributed by atoms with E-state index < -0.39 is 0 Å². The molecule has 0 atom stereocenters. The van der Waals surface area contributed by atoms with Crippen molar-refractivity contribution >= 4 is 33.1 Å². The van der Waals surface area contributed by atoms with Gasteiger partial charge in [-0.25, -0.2) is 0 Å². The van der Waals surface area contributed by atoms with E-state index in [4.69, 9.17) is 4.74 Å². The highest BCUT2D eigenvalue weighted by Crippen LogP contribution is 2.24. The second-order valence-corrected chi connectivity index (χ2v) is 7.54. The van der Waals surface area contributed by atoms with E-state index >= 15 is 0 Å². The number of thiazole rings is 1. The van der Waals surface area contributed by atoms with Crippen LogP contribution in [0, 0.1) is 6.92 Å². The number of methoxy groups -OCH3 is 1. The van der Waals surface area contributed by atoms with E-state index in [0.717, 1.165) is 27.1 Å². The van der Waals surface area contributed by atoms with Gasteiger partial charge in [-0.3, -0.25) is 14.2 Å². The monoisotopic (exact) mass is 370 g/mol. The van der Waals surface area contributed by atoms with Crippen LogP contribution in [0.3, 0.4) is 0 Å². The van der Waals surface area contributed by atoms with Gasteiger partial charge in [-0.15, -0.1) is 0 Å². The van der Waals surface area contributed by atoms with Crippen molar-refractivity contribution in [1.82, 2.24) is 4.57 Å². The number of carbonyl (C=O) groups excluding carboxylic acids is 1. The van der Waals surface area contributed by atoms with Crippen LogP contribution in [-0.4, -0.2) is 17.6 Å². The topological polar surface area (TPSA) is 60.3 Å². The lowest BCUT2D eigenvalue weighted by molar-refractivity contribution is -0.115. The number of benzene rings is 2. The molecule has 0 radical (unpaired) electrons. The van der Waals surface area contributed by atoms with Crippen molar-refractivity contribution < 1.29 is 9.53 Å². The summed E-state index contributed by atoms with van der Waals surface area (Å²) in [7, 11) is 1.63. The molecule has 0 fully saturated rings. The lowest BCUT2D eigenvalue weighted by Gasteiger charge is -2.09. The number of carbonyl (C=O) groups is 1. The van der Waals surface area contributed by atoms with Gasteiger partial charge < -0.3 is 10.1 Å². The summed E-state index contributed by atoms with van der Waals surface area (Å²) in [6.45, 7) is 5.93. The minimum absolute atomic E-state index is 0.0205. The van der Waals surface area contributed by atoms with Crippen LogP contribution in [0.4, 0.5) is 5.69 Å². The summed E-state index contributed by atoms with van der Waals surface area (Å²) in [5.41, 5.74) is 3.53. The Kier molecular flexibility index (Phi) is 5.13. The molecule has 1 aromatic heterocycles. The molecular weight excluding hydrogens is 348 g/mol. The number of amides is 1. The Morgan fingerprint density at radius 3 is 2.65 bits per heavy atom. The van der Waals surface area contributed by atoms with Crippen LogP contribution in [0.2, 0.25) is 0 Å². The fourth-order valence-corrected chi connectivity index (χ4v) is 4.10. The van der Waals surface area contributed by atoms with Crippen molar-refractivity contribution in [2.24, 2.45) is 0 Å². The maximum atomic E-state index is 12.4. The van der Waals surface area contributed by atoms with Crippen LogP contribution in [0.5, 0.6) is 5.75 Å². The number of aromatic nitrogens is 1. The predicted octanol–water partition coefficient (Wildman–Crippen LogP) is 4.14. The Labute approximate surface area is 156 Å². The summed E-state index contributed by atoms with van der Waals surface area (Å²) in [6, 6.07) is 11.4. The van der Waals surface area contributed by atoms with Crippen LogP contribution in [-0.2, 0) is 11.2 Å². The van der Waals surface area contributed by atoms with E-state index in [1.54, 1.807) is 11.7 Å². The maximum Gasteiger partial charge on any atom is 0.308 e. The quantitative estimate of drug-likeness (QED) is 0.734.